The standard InChI is InChI=1S/C22H26INO6S/c1-3-29-17-10-15(9-16(23)20(17)30-13-19(25)28-2)11-18-21(26)24(22(27)31-18)12-14-7-5-4-6-8-14/h9-11,14H,3-8,12-13H2,1-2H3/b18-11+. The summed E-state index contributed by atoms with van der Waals surface area (Å²) in [6.07, 6.45) is 7.42. The van der Waals surface area contributed by atoms with Crippen molar-refractivity contribution < 1.29 is 28.6 Å². The van der Waals surface area contributed by atoms with Gasteiger partial charge in [-0.2, -0.15) is 0 Å². The number of hydrogen-bond acceptors (Lipinski definition) is 7. The molecule has 1 aliphatic carbocycles. The predicted octanol–water partition coefficient (Wildman–Crippen LogP) is 4.86. The number of ether oxygens (including phenoxy) is 3. The Balaban J connectivity index is 1.79. The van der Waals surface area contributed by atoms with Gasteiger partial charge in [-0.25, -0.2) is 4.79 Å². The zero-order chi connectivity index (χ0) is 22.4. The zero-order valence-electron chi connectivity index (χ0n) is 17.6. The normalized spacial score (nSPS) is 18.5. The second-order valence-corrected chi connectivity index (χ2v) is 9.58. The molecule has 1 aromatic rings. The van der Waals surface area contributed by atoms with Crippen molar-refractivity contribution in [1.82, 2.24) is 4.90 Å². The molecule has 1 heterocycles. The molecular formula is C22H26INO6S. The first-order valence-corrected chi connectivity index (χ1v) is 12.2. The van der Waals surface area contributed by atoms with Crippen molar-refractivity contribution in [1.29, 1.82) is 0 Å². The van der Waals surface area contributed by atoms with Crippen molar-refractivity contribution in [3.63, 3.8) is 0 Å². The number of amides is 2. The zero-order valence-corrected chi connectivity index (χ0v) is 20.6. The number of benzene rings is 1. The molecule has 2 fully saturated rings. The van der Waals surface area contributed by atoms with E-state index in [9.17, 15) is 14.4 Å². The molecule has 1 saturated heterocycles. The molecule has 0 atom stereocenters. The molecule has 31 heavy (non-hydrogen) atoms. The van der Waals surface area contributed by atoms with Crippen LogP contribution in [0.25, 0.3) is 6.08 Å². The monoisotopic (exact) mass is 559 g/mol. The highest BCUT2D eigenvalue weighted by molar-refractivity contribution is 14.1. The van der Waals surface area contributed by atoms with E-state index in [1.807, 2.05) is 13.0 Å². The lowest BCUT2D eigenvalue weighted by atomic mass is 9.89. The van der Waals surface area contributed by atoms with E-state index in [0.717, 1.165) is 33.7 Å². The molecule has 2 amide bonds. The van der Waals surface area contributed by atoms with E-state index >= 15 is 0 Å². The first-order valence-electron chi connectivity index (χ1n) is 10.3. The summed E-state index contributed by atoms with van der Waals surface area (Å²) in [5.74, 6) is 0.577. The molecule has 0 radical (unpaired) electrons. The van der Waals surface area contributed by atoms with Crippen LogP contribution in [0, 0.1) is 9.49 Å². The van der Waals surface area contributed by atoms with E-state index in [-0.39, 0.29) is 17.8 Å². The fourth-order valence-electron chi connectivity index (χ4n) is 3.70. The number of hydrogen-bond donors (Lipinski definition) is 0. The third-order valence-corrected chi connectivity index (χ3v) is 6.94. The number of thioether (sulfide) groups is 1. The Kier molecular flexibility index (Phi) is 8.65. The minimum absolute atomic E-state index is 0.209. The van der Waals surface area contributed by atoms with Crippen LogP contribution in [0.5, 0.6) is 11.5 Å². The van der Waals surface area contributed by atoms with Crippen molar-refractivity contribution in [3.05, 3.63) is 26.2 Å². The quantitative estimate of drug-likeness (QED) is 0.256. The smallest absolute Gasteiger partial charge is 0.343 e. The van der Waals surface area contributed by atoms with Gasteiger partial charge in [-0.3, -0.25) is 14.5 Å². The van der Waals surface area contributed by atoms with Gasteiger partial charge in [0.25, 0.3) is 11.1 Å². The van der Waals surface area contributed by atoms with E-state index < -0.39 is 5.97 Å². The maximum absolute atomic E-state index is 12.9. The third kappa shape index (κ3) is 6.15. The lowest BCUT2D eigenvalue weighted by molar-refractivity contribution is -0.143. The molecule has 1 saturated carbocycles. The summed E-state index contributed by atoms with van der Waals surface area (Å²) < 4.78 is 16.6. The molecule has 7 nitrogen and oxygen atoms in total. The average molecular weight is 559 g/mol. The van der Waals surface area contributed by atoms with Crippen LogP contribution in [0.15, 0.2) is 17.0 Å². The summed E-state index contributed by atoms with van der Waals surface area (Å²) in [5.41, 5.74) is 0.724. The molecular weight excluding hydrogens is 533 g/mol. The summed E-state index contributed by atoms with van der Waals surface area (Å²) in [7, 11) is 1.30. The minimum atomic E-state index is -0.492. The van der Waals surface area contributed by atoms with Crippen LogP contribution < -0.4 is 9.47 Å². The van der Waals surface area contributed by atoms with Crippen molar-refractivity contribution >= 4 is 57.5 Å². The molecule has 0 N–H and O–H groups in total. The van der Waals surface area contributed by atoms with Crippen LogP contribution in [0.1, 0.15) is 44.6 Å². The van der Waals surface area contributed by atoms with E-state index in [1.54, 1.807) is 12.1 Å². The summed E-state index contributed by atoms with van der Waals surface area (Å²) >= 11 is 3.07. The molecule has 1 aliphatic heterocycles. The number of imide groups is 1. The van der Waals surface area contributed by atoms with Gasteiger partial charge in [-0.15, -0.1) is 0 Å². The highest BCUT2D eigenvalue weighted by atomic mass is 127. The fourth-order valence-corrected chi connectivity index (χ4v) is 5.33. The SMILES string of the molecule is CCOc1cc(/C=C2/SC(=O)N(CC3CCCCC3)C2=O)cc(I)c1OCC(=O)OC. The van der Waals surface area contributed by atoms with E-state index in [0.29, 0.717) is 35.5 Å². The highest BCUT2D eigenvalue weighted by Crippen LogP contribution is 2.38. The van der Waals surface area contributed by atoms with Gasteiger partial charge in [0.05, 0.1) is 22.2 Å². The van der Waals surface area contributed by atoms with Crippen molar-refractivity contribution in [2.45, 2.75) is 39.0 Å². The Labute approximate surface area is 200 Å². The number of nitrogens with zero attached hydrogens (tertiary/aromatic N) is 1. The molecule has 3 rings (SSSR count). The Hall–Kier alpha value is -1.75. The van der Waals surface area contributed by atoms with Crippen LogP contribution in [-0.2, 0) is 14.3 Å². The number of carbonyl (C=O) groups excluding carboxylic acids is 3. The third-order valence-electron chi connectivity index (χ3n) is 5.23. The van der Waals surface area contributed by atoms with Gasteiger partial charge in [0.15, 0.2) is 18.1 Å². The largest absolute Gasteiger partial charge is 0.490 e. The predicted molar refractivity (Wildman–Crippen MR) is 127 cm³/mol. The molecule has 1 aromatic carbocycles. The lowest BCUT2D eigenvalue weighted by Crippen LogP contribution is -2.34. The summed E-state index contributed by atoms with van der Waals surface area (Å²) in [6, 6.07) is 3.57. The fraction of sp³-hybridized carbons (Fsp3) is 0.500. The van der Waals surface area contributed by atoms with Crippen molar-refractivity contribution in [2.75, 3.05) is 26.9 Å². The summed E-state index contributed by atoms with van der Waals surface area (Å²) in [6.45, 7) is 2.53. The van der Waals surface area contributed by atoms with Crippen LogP contribution in [0.3, 0.4) is 0 Å². The maximum atomic E-state index is 12.9. The Bertz CT molecular complexity index is 881. The Morgan fingerprint density at radius 3 is 2.65 bits per heavy atom. The van der Waals surface area contributed by atoms with Gasteiger partial charge in [0.2, 0.25) is 0 Å². The van der Waals surface area contributed by atoms with Gasteiger partial charge in [0.1, 0.15) is 0 Å². The van der Waals surface area contributed by atoms with Crippen molar-refractivity contribution in [2.24, 2.45) is 5.92 Å². The number of methoxy groups -OCH3 is 1. The highest BCUT2D eigenvalue weighted by Gasteiger charge is 2.36. The van der Waals surface area contributed by atoms with Crippen LogP contribution in [-0.4, -0.2) is 48.9 Å². The van der Waals surface area contributed by atoms with Crippen LogP contribution in [0.2, 0.25) is 0 Å². The van der Waals surface area contributed by atoms with Crippen LogP contribution in [0.4, 0.5) is 4.79 Å². The van der Waals surface area contributed by atoms with Gasteiger partial charge in [-0.05, 0) is 83.8 Å². The lowest BCUT2D eigenvalue weighted by Gasteiger charge is -2.25. The van der Waals surface area contributed by atoms with E-state index in [2.05, 4.69) is 27.3 Å². The second kappa shape index (κ2) is 11.2. The van der Waals surface area contributed by atoms with E-state index in [4.69, 9.17) is 9.47 Å². The molecule has 0 unspecified atom stereocenters. The number of halogens is 1. The van der Waals surface area contributed by atoms with Crippen molar-refractivity contribution in [3.8, 4) is 11.5 Å². The molecule has 168 valence electrons. The van der Waals surface area contributed by atoms with Gasteiger partial charge < -0.3 is 14.2 Å². The maximum Gasteiger partial charge on any atom is 0.343 e. The van der Waals surface area contributed by atoms with E-state index in [1.165, 1.54) is 31.3 Å². The average Bonchev–Trinajstić information content (AvgIpc) is 3.01. The summed E-state index contributed by atoms with van der Waals surface area (Å²) in [5, 5.41) is -0.209. The molecule has 0 aromatic heterocycles. The minimum Gasteiger partial charge on any atom is -0.490 e. The van der Waals surface area contributed by atoms with Gasteiger partial charge in [0, 0.05) is 6.54 Å². The second-order valence-electron chi connectivity index (χ2n) is 7.42. The Morgan fingerprint density at radius 1 is 1.23 bits per heavy atom. The number of esters is 1. The topological polar surface area (TPSA) is 82.1 Å². The molecule has 0 bridgehead atoms. The number of carbonyl (C=O) groups is 3. The molecule has 9 heteroatoms. The first-order chi connectivity index (χ1) is 14.9. The van der Waals surface area contributed by atoms with Crippen LogP contribution >= 0.6 is 34.4 Å². The number of rotatable bonds is 8. The van der Waals surface area contributed by atoms with Gasteiger partial charge in [-0.1, -0.05) is 19.3 Å². The summed E-state index contributed by atoms with van der Waals surface area (Å²) in [4.78, 5) is 38.6. The Morgan fingerprint density at radius 2 is 1.97 bits per heavy atom. The molecule has 2 aliphatic rings. The first kappa shape index (κ1) is 23.9. The van der Waals surface area contributed by atoms with Gasteiger partial charge >= 0.3 is 5.97 Å². The molecule has 0 spiro atoms.